The van der Waals surface area contributed by atoms with Crippen LogP contribution >= 0.6 is 11.5 Å². The van der Waals surface area contributed by atoms with Crippen molar-refractivity contribution in [3.8, 4) is 5.75 Å². The number of nitrogens with one attached hydrogen (secondary N) is 1. The van der Waals surface area contributed by atoms with Gasteiger partial charge in [-0.3, -0.25) is 0 Å². The Labute approximate surface area is 106 Å². The fraction of sp³-hybridized carbons (Fsp3) is 0.727. The van der Waals surface area contributed by atoms with Crippen LogP contribution in [-0.4, -0.2) is 29.2 Å². The van der Waals surface area contributed by atoms with E-state index in [0.717, 1.165) is 37.2 Å². The maximum absolute atomic E-state index is 8.65. The van der Waals surface area contributed by atoms with Gasteiger partial charge in [-0.1, -0.05) is 12.8 Å². The minimum atomic E-state index is 0.285. The highest BCUT2D eigenvalue weighted by Crippen LogP contribution is 2.34. The summed E-state index contributed by atoms with van der Waals surface area (Å²) in [6, 6.07) is 0. The molecule has 0 spiro atoms. The van der Waals surface area contributed by atoms with Gasteiger partial charge in [-0.25, -0.2) is 0 Å². The molecule has 17 heavy (non-hydrogen) atoms. The summed E-state index contributed by atoms with van der Waals surface area (Å²) >= 11 is 1.33. The van der Waals surface area contributed by atoms with E-state index in [1.807, 2.05) is 6.92 Å². The number of aliphatic hydroxyl groups is 1. The van der Waals surface area contributed by atoms with Crippen LogP contribution in [0.5, 0.6) is 5.75 Å². The first-order chi connectivity index (χ1) is 8.29. The molecule has 6 heteroatoms. The van der Waals surface area contributed by atoms with Crippen LogP contribution in [0.1, 0.15) is 32.6 Å². The lowest BCUT2D eigenvalue weighted by molar-refractivity contribution is 0.283. The van der Waals surface area contributed by atoms with Crippen LogP contribution < -0.4 is 15.8 Å². The van der Waals surface area contributed by atoms with E-state index in [1.165, 1.54) is 11.5 Å². The lowest BCUT2D eigenvalue weighted by Crippen LogP contribution is -2.03. The van der Waals surface area contributed by atoms with Crippen molar-refractivity contribution in [2.24, 2.45) is 0 Å². The second-order valence-electron chi connectivity index (χ2n) is 3.72. The van der Waals surface area contributed by atoms with Gasteiger partial charge in [0.05, 0.1) is 6.61 Å². The minimum Gasteiger partial charge on any atom is -0.487 e. The summed E-state index contributed by atoms with van der Waals surface area (Å²) in [5, 5.41) is 12.8. The number of nitrogens with two attached hydrogens (primary N) is 1. The number of anilines is 2. The van der Waals surface area contributed by atoms with Gasteiger partial charge in [0, 0.05) is 13.2 Å². The number of unbranched alkanes of at least 4 members (excludes halogenated alkanes) is 3. The summed E-state index contributed by atoms with van der Waals surface area (Å²) < 4.78 is 9.49. The second kappa shape index (κ2) is 8.14. The fourth-order valence-corrected chi connectivity index (χ4v) is 2.17. The molecule has 0 amide bonds. The SMILES string of the molecule is CCOc1c(N)nsc1NCCCCCCO. The summed E-state index contributed by atoms with van der Waals surface area (Å²) in [7, 11) is 0. The number of hydrogen-bond acceptors (Lipinski definition) is 6. The first kappa shape index (κ1) is 14.1. The monoisotopic (exact) mass is 259 g/mol. The number of ether oxygens (including phenoxy) is 1. The molecule has 0 radical (unpaired) electrons. The standard InChI is InChI=1S/C11H21N3O2S/c1-2-16-9-10(12)14-17-11(9)13-7-5-3-4-6-8-15/h13,15H,2-8H2,1H3,(H2,12,14). The Balaban J connectivity index is 2.26. The lowest BCUT2D eigenvalue weighted by atomic mass is 10.2. The fourth-order valence-electron chi connectivity index (χ4n) is 1.48. The summed E-state index contributed by atoms with van der Waals surface area (Å²) in [6.07, 6.45) is 4.15. The topological polar surface area (TPSA) is 80.4 Å². The molecule has 4 N–H and O–H groups in total. The number of hydrogen-bond donors (Lipinski definition) is 3. The Morgan fingerprint density at radius 2 is 2.12 bits per heavy atom. The van der Waals surface area contributed by atoms with E-state index >= 15 is 0 Å². The van der Waals surface area contributed by atoms with Gasteiger partial charge in [-0.15, -0.1) is 0 Å². The van der Waals surface area contributed by atoms with Gasteiger partial charge in [-0.05, 0) is 31.3 Å². The highest BCUT2D eigenvalue weighted by atomic mass is 32.1. The predicted molar refractivity (Wildman–Crippen MR) is 71.7 cm³/mol. The number of nitrogens with zero attached hydrogens (tertiary/aromatic N) is 1. The maximum Gasteiger partial charge on any atom is 0.197 e. The van der Waals surface area contributed by atoms with Crippen molar-refractivity contribution >= 4 is 22.4 Å². The van der Waals surface area contributed by atoms with Gasteiger partial charge < -0.3 is 20.9 Å². The van der Waals surface area contributed by atoms with E-state index in [2.05, 4.69) is 9.69 Å². The number of aromatic nitrogens is 1. The van der Waals surface area contributed by atoms with Crippen LogP contribution in [0.25, 0.3) is 0 Å². The quantitative estimate of drug-likeness (QED) is 0.592. The van der Waals surface area contributed by atoms with Gasteiger partial charge in [-0.2, -0.15) is 4.37 Å². The molecule has 5 nitrogen and oxygen atoms in total. The Kier molecular flexibility index (Phi) is 6.73. The molecule has 1 rings (SSSR count). The molecule has 1 aromatic rings. The molecule has 1 aromatic heterocycles. The van der Waals surface area contributed by atoms with Crippen LogP contribution in [0.2, 0.25) is 0 Å². The molecule has 0 saturated heterocycles. The molecule has 0 bridgehead atoms. The highest BCUT2D eigenvalue weighted by Gasteiger charge is 2.11. The van der Waals surface area contributed by atoms with Crippen molar-refractivity contribution < 1.29 is 9.84 Å². The van der Waals surface area contributed by atoms with E-state index in [-0.39, 0.29) is 6.61 Å². The molecule has 0 aliphatic heterocycles. The average Bonchev–Trinajstić information content (AvgIpc) is 2.66. The first-order valence-electron chi connectivity index (χ1n) is 6.02. The Hall–Kier alpha value is -1.01. The number of nitrogen functional groups attached to an aromatic ring is 1. The molecular formula is C11H21N3O2S. The maximum atomic E-state index is 8.65. The smallest absolute Gasteiger partial charge is 0.197 e. The zero-order valence-electron chi connectivity index (χ0n) is 10.2. The molecule has 0 atom stereocenters. The summed E-state index contributed by atoms with van der Waals surface area (Å²) in [5.41, 5.74) is 5.70. The Morgan fingerprint density at radius 1 is 1.35 bits per heavy atom. The molecule has 98 valence electrons. The molecule has 1 heterocycles. The highest BCUT2D eigenvalue weighted by molar-refractivity contribution is 7.11. The van der Waals surface area contributed by atoms with Crippen molar-refractivity contribution in [3.05, 3.63) is 0 Å². The summed E-state index contributed by atoms with van der Waals surface area (Å²) in [5.74, 6) is 1.13. The zero-order chi connectivity index (χ0) is 12.5. The van der Waals surface area contributed by atoms with E-state index in [1.54, 1.807) is 0 Å². The largest absolute Gasteiger partial charge is 0.487 e. The molecule has 0 aromatic carbocycles. The van der Waals surface area contributed by atoms with Crippen molar-refractivity contribution in [2.75, 3.05) is 30.8 Å². The molecule has 0 unspecified atom stereocenters. The van der Waals surface area contributed by atoms with Crippen LogP contribution in [0.15, 0.2) is 0 Å². The van der Waals surface area contributed by atoms with Gasteiger partial charge in [0.25, 0.3) is 0 Å². The van der Waals surface area contributed by atoms with Crippen LogP contribution in [-0.2, 0) is 0 Å². The normalized spacial score (nSPS) is 10.5. The lowest BCUT2D eigenvalue weighted by Gasteiger charge is -2.07. The van der Waals surface area contributed by atoms with Crippen molar-refractivity contribution in [3.63, 3.8) is 0 Å². The van der Waals surface area contributed by atoms with E-state index < -0.39 is 0 Å². The molecular weight excluding hydrogens is 238 g/mol. The molecule has 0 aliphatic rings. The van der Waals surface area contributed by atoms with E-state index in [4.69, 9.17) is 15.6 Å². The zero-order valence-corrected chi connectivity index (χ0v) is 11.1. The number of aliphatic hydroxyl groups excluding tert-OH is 1. The molecule has 0 aliphatic carbocycles. The van der Waals surface area contributed by atoms with Gasteiger partial charge in [0.1, 0.15) is 0 Å². The van der Waals surface area contributed by atoms with Crippen molar-refractivity contribution in [1.82, 2.24) is 4.37 Å². The Bertz CT molecular complexity index is 318. The third kappa shape index (κ3) is 4.79. The average molecular weight is 259 g/mol. The Morgan fingerprint density at radius 3 is 2.82 bits per heavy atom. The van der Waals surface area contributed by atoms with Gasteiger partial charge in [0.15, 0.2) is 16.6 Å². The first-order valence-corrected chi connectivity index (χ1v) is 6.79. The van der Waals surface area contributed by atoms with Crippen LogP contribution in [0.4, 0.5) is 10.8 Å². The summed E-state index contributed by atoms with van der Waals surface area (Å²) in [6.45, 7) is 3.68. The van der Waals surface area contributed by atoms with E-state index in [0.29, 0.717) is 18.2 Å². The minimum absolute atomic E-state index is 0.285. The van der Waals surface area contributed by atoms with Crippen LogP contribution in [0, 0.1) is 0 Å². The number of rotatable bonds is 9. The van der Waals surface area contributed by atoms with Gasteiger partial charge in [0.2, 0.25) is 0 Å². The summed E-state index contributed by atoms with van der Waals surface area (Å²) in [4.78, 5) is 0. The molecule has 0 saturated carbocycles. The van der Waals surface area contributed by atoms with E-state index in [9.17, 15) is 0 Å². The molecule has 0 fully saturated rings. The van der Waals surface area contributed by atoms with Crippen LogP contribution in [0.3, 0.4) is 0 Å². The second-order valence-corrected chi connectivity index (χ2v) is 4.50. The third-order valence-electron chi connectivity index (χ3n) is 2.33. The van der Waals surface area contributed by atoms with Gasteiger partial charge >= 0.3 is 0 Å². The van der Waals surface area contributed by atoms with Crippen molar-refractivity contribution in [1.29, 1.82) is 0 Å². The predicted octanol–water partition coefficient (Wildman–Crippen LogP) is 2.09. The third-order valence-corrected chi connectivity index (χ3v) is 3.13. The van der Waals surface area contributed by atoms with Crippen molar-refractivity contribution in [2.45, 2.75) is 32.6 Å².